The van der Waals surface area contributed by atoms with Crippen molar-refractivity contribution in [1.29, 1.82) is 0 Å². The number of carbonyl (C=O) groups excluding carboxylic acids is 1. The van der Waals surface area contributed by atoms with Crippen molar-refractivity contribution in [3.63, 3.8) is 0 Å². The van der Waals surface area contributed by atoms with Crippen molar-refractivity contribution in [3.05, 3.63) is 59.7 Å². The Kier molecular flexibility index (Phi) is 8.90. The molecule has 0 bridgehead atoms. The maximum Gasteiger partial charge on any atom is 0.416 e. The number of hydrogen-bond donors (Lipinski definition) is 2. The third-order valence-corrected chi connectivity index (χ3v) is 9.08. The lowest BCUT2D eigenvalue weighted by Crippen LogP contribution is -2.54. The second kappa shape index (κ2) is 12.0. The number of nitrogens with two attached hydrogens (primary N) is 1. The summed E-state index contributed by atoms with van der Waals surface area (Å²) in [6.45, 7) is 4.28. The third kappa shape index (κ3) is 6.34. The first-order valence-corrected chi connectivity index (χ1v) is 14.2. The molecule has 2 aliphatic heterocycles. The maximum absolute atomic E-state index is 13.0. The number of halogens is 3. The number of esters is 1. The molecule has 0 spiro atoms. The molecule has 2 heterocycles. The van der Waals surface area contributed by atoms with E-state index in [4.69, 9.17) is 15.7 Å². The van der Waals surface area contributed by atoms with Gasteiger partial charge in [0, 0.05) is 51.0 Å². The summed E-state index contributed by atoms with van der Waals surface area (Å²) in [5.74, 6) is -0.503. The van der Waals surface area contributed by atoms with E-state index >= 15 is 0 Å². The number of amidine groups is 1. The number of carbonyl (C=O) groups is 1. The van der Waals surface area contributed by atoms with Crippen molar-refractivity contribution in [1.82, 2.24) is 9.80 Å². The lowest BCUT2D eigenvalue weighted by Gasteiger charge is -2.44. The van der Waals surface area contributed by atoms with Crippen LogP contribution in [0.5, 0.6) is 0 Å². The molecule has 2 saturated heterocycles. The van der Waals surface area contributed by atoms with Gasteiger partial charge in [-0.15, -0.1) is 0 Å². The summed E-state index contributed by atoms with van der Waals surface area (Å²) in [6.07, 6.45) is -2.85. The van der Waals surface area contributed by atoms with Crippen LogP contribution in [0, 0.1) is 0 Å². The number of piperazine rings is 1. The Labute approximate surface area is 230 Å². The molecule has 3 N–H and O–H groups in total. The number of nitrogens with zero attached hydrogens (tertiary/aromatic N) is 4. The van der Waals surface area contributed by atoms with Gasteiger partial charge in [-0.1, -0.05) is 17.3 Å². The minimum absolute atomic E-state index is 0.0569. The lowest BCUT2D eigenvalue weighted by atomic mass is 9.97. The van der Waals surface area contributed by atoms with Crippen LogP contribution in [0.15, 0.2) is 58.6 Å². The van der Waals surface area contributed by atoms with E-state index in [1.807, 2.05) is 4.90 Å². The second-order valence-electron chi connectivity index (χ2n) is 9.77. The van der Waals surface area contributed by atoms with E-state index in [9.17, 15) is 26.4 Å². The fraction of sp³-hybridized carbons (Fsp3) is 0.462. The summed E-state index contributed by atoms with van der Waals surface area (Å²) in [7, 11) is -2.76. The first-order chi connectivity index (χ1) is 19.0. The molecule has 14 heteroatoms. The van der Waals surface area contributed by atoms with Crippen molar-refractivity contribution in [2.45, 2.75) is 36.0 Å². The van der Waals surface area contributed by atoms with E-state index in [1.165, 1.54) is 31.4 Å². The van der Waals surface area contributed by atoms with Gasteiger partial charge in [0.05, 0.1) is 17.6 Å². The zero-order chi connectivity index (χ0) is 29.1. The standard InChI is InChI=1S/C26H32F3N5O5S/c1-39-24(35)23(18-2-4-19(5-3-18)26(27,28)29)34-12-10-21(11-13-34)33-16-14-32(15-17-33)20-6-8-22(9-7-20)40(37,38)25(30)31-36/h2-9,21,23,36H,10-17H2,1H3,(H2,30,31). The van der Waals surface area contributed by atoms with Crippen LogP contribution in [0.4, 0.5) is 18.9 Å². The normalized spacial score (nSPS) is 19.4. The Morgan fingerprint density at radius 1 is 1.00 bits per heavy atom. The van der Waals surface area contributed by atoms with Crippen LogP contribution in [0.1, 0.15) is 30.0 Å². The fourth-order valence-electron chi connectivity index (χ4n) is 5.33. The van der Waals surface area contributed by atoms with Crippen LogP contribution in [0.2, 0.25) is 0 Å². The van der Waals surface area contributed by atoms with Crippen molar-refractivity contribution in [2.24, 2.45) is 10.9 Å². The molecule has 4 rings (SSSR count). The maximum atomic E-state index is 13.0. The Morgan fingerprint density at radius 3 is 2.08 bits per heavy atom. The van der Waals surface area contributed by atoms with E-state index in [2.05, 4.69) is 15.0 Å². The number of alkyl halides is 3. The first-order valence-electron chi connectivity index (χ1n) is 12.8. The van der Waals surface area contributed by atoms with Crippen LogP contribution in [0.25, 0.3) is 0 Å². The van der Waals surface area contributed by atoms with E-state index in [1.54, 1.807) is 12.1 Å². The minimum atomic E-state index is -4.45. The highest BCUT2D eigenvalue weighted by Gasteiger charge is 2.36. The summed E-state index contributed by atoms with van der Waals surface area (Å²) in [5, 5.41) is 10.4. The predicted molar refractivity (Wildman–Crippen MR) is 142 cm³/mol. The number of benzene rings is 2. The van der Waals surface area contributed by atoms with Gasteiger partial charge < -0.3 is 20.6 Å². The first kappa shape index (κ1) is 29.6. The molecule has 2 aliphatic rings. The highest BCUT2D eigenvalue weighted by molar-refractivity contribution is 8.06. The molecule has 2 aromatic carbocycles. The van der Waals surface area contributed by atoms with Gasteiger partial charge in [-0.2, -0.15) is 13.2 Å². The number of oxime groups is 1. The number of sulfone groups is 1. The summed E-state index contributed by atoms with van der Waals surface area (Å²) < 4.78 is 68.4. The van der Waals surface area contributed by atoms with E-state index < -0.39 is 38.8 Å². The monoisotopic (exact) mass is 583 g/mol. The molecule has 1 atom stereocenters. The van der Waals surface area contributed by atoms with Crippen LogP contribution in [-0.4, -0.2) is 87.0 Å². The van der Waals surface area contributed by atoms with Gasteiger partial charge in [-0.25, -0.2) is 13.2 Å². The Morgan fingerprint density at radius 2 is 1.57 bits per heavy atom. The van der Waals surface area contributed by atoms with E-state index in [0.717, 1.165) is 56.8 Å². The van der Waals surface area contributed by atoms with Gasteiger partial charge in [-0.3, -0.25) is 9.80 Å². The Balaban J connectivity index is 1.33. The largest absolute Gasteiger partial charge is 0.468 e. The van der Waals surface area contributed by atoms with Crippen LogP contribution in [0.3, 0.4) is 0 Å². The van der Waals surface area contributed by atoms with Gasteiger partial charge in [-0.05, 0) is 54.8 Å². The van der Waals surface area contributed by atoms with Gasteiger partial charge in [0.1, 0.15) is 6.04 Å². The molecular formula is C26H32F3N5O5S. The minimum Gasteiger partial charge on any atom is -0.468 e. The fourth-order valence-corrected chi connectivity index (χ4v) is 6.17. The zero-order valence-corrected chi connectivity index (χ0v) is 22.7. The molecule has 1 unspecified atom stereocenters. The number of piperidine rings is 1. The van der Waals surface area contributed by atoms with E-state index in [0.29, 0.717) is 24.7 Å². The van der Waals surface area contributed by atoms with Crippen LogP contribution in [-0.2, 0) is 25.5 Å². The number of rotatable bonds is 6. The summed E-state index contributed by atoms with van der Waals surface area (Å²) in [4.78, 5) is 19.1. The molecule has 218 valence electrons. The van der Waals surface area contributed by atoms with Gasteiger partial charge >= 0.3 is 12.1 Å². The molecule has 40 heavy (non-hydrogen) atoms. The molecule has 2 fully saturated rings. The van der Waals surface area contributed by atoms with Gasteiger partial charge in [0.15, 0.2) is 0 Å². The number of likely N-dealkylation sites (tertiary alicyclic amines) is 1. The SMILES string of the molecule is COC(=O)C(c1ccc(C(F)(F)F)cc1)N1CCC(N2CCN(c3ccc(S(=O)(=O)C(N)=NO)cc3)CC2)CC1. The van der Waals surface area contributed by atoms with Crippen molar-refractivity contribution >= 4 is 26.7 Å². The average molecular weight is 584 g/mol. The molecule has 2 aromatic rings. The smallest absolute Gasteiger partial charge is 0.416 e. The molecule has 0 radical (unpaired) electrons. The summed E-state index contributed by atoms with van der Waals surface area (Å²) >= 11 is 0. The van der Waals surface area contributed by atoms with Gasteiger partial charge in [0.2, 0.25) is 9.84 Å². The van der Waals surface area contributed by atoms with Gasteiger partial charge in [0.25, 0.3) is 5.17 Å². The lowest BCUT2D eigenvalue weighted by molar-refractivity contribution is -0.148. The zero-order valence-electron chi connectivity index (χ0n) is 21.9. The highest BCUT2D eigenvalue weighted by atomic mass is 32.2. The Bertz CT molecular complexity index is 1300. The summed E-state index contributed by atoms with van der Waals surface area (Å²) in [6, 6.07) is 10.4. The predicted octanol–water partition coefficient (Wildman–Crippen LogP) is 2.68. The average Bonchev–Trinajstić information content (AvgIpc) is 2.97. The van der Waals surface area contributed by atoms with Crippen molar-refractivity contribution in [3.8, 4) is 0 Å². The quantitative estimate of drug-likeness (QED) is 0.173. The number of hydrogen-bond acceptors (Lipinski definition) is 9. The molecule has 0 aromatic heterocycles. The highest BCUT2D eigenvalue weighted by Crippen LogP contribution is 2.33. The molecule has 10 nitrogen and oxygen atoms in total. The number of anilines is 1. The topological polar surface area (TPSA) is 129 Å². The molecule has 0 aliphatic carbocycles. The van der Waals surface area contributed by atoms with E-state index in [-0.39, 0.29) is 4.90 Å². The summed E-state index contributed by atoms with van der Waals surface area (Å²) in [5.41, 5.74) is 5.85. The van der Waals surface area contributed by atoms with Crippen molar-refractivity contribution in [2.75, 3.05) is 51.3 Å². The molecule has 0 amide bonds. The Hall–Kier alpha value is -3.36. The third-order valence-electron chi connectivity index (χ3n) is 7.56. The number of methoxy groups -OCH3 is 1. The second-order valence-corrected chi connectivity index (χ2v) is 11.7. The van der Waals surface area contributed by atoms with Crippen LogP contribution >= 0.6 is 0 Å². The molecule has 0 saturated carbocycles. The van der Waals surface area contributed by atoms with Crippen LogP contribution < -0.4 is 10.6 Å². The van der Waals surface area contributed by atoms with Crippen molar-refractivity contribution < 1.29 is 36.3 Å². The number of ether oxygens (including phenoxy) is 1. The molecular weight excluding hydrogens is 551 g/mol.